The van der Waals surface area contributed by atoms with Crippen LogP contribution in [0.25, 0.3) is 0 Å². The second-order valence-corrected chi connectivity index (χ2v) is 3.71. The van der Waals surface area contributed by atoms with E-state index in [0.29, 0.717) is 11.8 Å². The Labute approximate surface area is 68.6 Å². The maximum Gasteiger partial charge on any atom is 0.0613 e. The Morgan fingerprint density at radius 3 is 2.64 bits per heavy atom. The second-order valence-electron chi connectivity index (χ2n) is 3.71. The van der Waals surface area contributed by atoms with Crippen LogP contribution >= 0.6 is 0 Å². The third kappa shape index (κ3) is 2.46. The van der Waals surface area contributed by atoms with Gasteiger partial charge in [0, 0.05) is 12.5 Å². The maximum atomic E-state index is 9.67. The highest BCUT2D eigenvalue weighted by molar-refractivity contribution is 4.73. The number of aliphatic hydroxyl groups excluding tert-OH is 1. The molecule has 1 saturated heterocycles. The van der Waals surface area contributed by atoms with Crippen LogP contribution in [0.1, 0.15) is 26.7 Å². The molecule has 11 heavy (non-hydrogen) atoms. The van der Waals surface area contributed by atoms with E-state index in [1.165, 1.54) is 0 Å². The highest BCUT2D eigenvalue weighted by atomic mass is 16.5. The molecule has 1 heterocycles. The summed E-state index contributed by atoms with van der Waals surface area (Å²) in [7, 11) is 0. The molecule has 1 fully saturated rings. The van der Waals surface area contributed by atoms with E-state index in [4.69, 9.17) is 4.74 Å². The Hall–Kier alpha value is -0.0800. The standard InChI is InChI=1S/C9H18O2/c1-7(2)9(10)8-4-3-5-11-6-8/h7-10H,3-6H2,1-2H3/t8-,9+/m1/s1. The Kier molecular flexibility index (Phi) is 3.34. The van der Waals surface area contributed by atoms with Crippen LogP contribution < -0.4 is 0 Å². The summed E-state index contributed by atoms with van der Waals surface area (Å²) in [6.45, 7) is 5.74. The molecule has 2 heteroatoms. The molecule has 0 bridgehead atoms. The molecule has 0 aliphatic carbocycles. The Balaban J connectivity index is 2.32. The van der Waals surface area contributed by atoms with Crippen molar-refractivity contribution in [2.45, 2.75) is 32.8 Å². The van der Waals surface area contributed by atoms with E-state index < -0.39 is 0 Å². The highest BCUT2D eigenvalue weighted by Crippen LogP contribution is 2.21. The van der Waals surface area contributed by atoms with E-state index in [-0.39, 0.29) is 6.10 Å². The molecular weight excluding hydrogens is 140 g/mol. The smallest absolute Gasteiger partial charge is 0.0613 e. The molecule has 1 aliphatic heterocycles. The largest absolute Gasteiger partial charge is 0.392 e. The zero-order valence-electron chi connectivity index (χ0n) is 7.42. The topological polar surface area (TPSA) is 29.5 Å². The summed E-state index contributed by atoms with van der Waals surface area (Å²) in [4.78, 5) is 0. The summed E-state index contributed by atoms with van der Waals surface area (Å²) in [6, 6.07) is 0. The van der Waals surface area contributed by atoms with Gasteiger partial charge in [-0.3, -0.25) is 0 Å². The molecule has 0 spiro atoms. The van der Waals surface area contributed by atoms with Gasteiger partial charge in [-0.1, -0.05) is 13.8 Å². The minimum absolute atomic E-state index is 0.171. The van der Waals surface area contributed by atoms with Gasteiger partial charge in [0.05, 0.1) is 12.7 Å². The maximum absolute atomic E-state index is 9.67. The molecule has 0 amide bonds. The molecule has 0 unspecified atom stereocenters. The van der Waals surface area contributed by atoms with Gasteiger partial charge < -0.3 is 9.84 Å². The van der Waals surface area contributed by atoms with Crippen LogP contribution in [0.5, 0.6) is 0 Å². The fourth-order valence-electron chi connectivity index (χ4n) is 1.58. The van der Waals surface area contributed by atoms with E-state index in [1.807, 2.05) is 0 Å². The van der Waals surface area contributed by atoms with Gasteiger partial charge in [0.1, 0.15) is 0 Å². The first-order valence-electron chi connectivity index (χ1n) is 4.47. The fourth-order valence-corrected chi connectivity index (χ4v) is 1.58. The summed E-state index contributed by atoms with van der Waals surface area (Å²) in [6.07, 6.45) is 2.06. The van der Waals surface area contributed by atoms with Crippen LogP contribution in [0.4, 0.5) is 0 Å². The number of ether oxygens (including phenoxy) is 1. The fraction of sp³-hybridized carbons (Fsp3) is 1.00. The molecule has 66 valence electrons. The van der Waals surface area contributed by atoms with Gasteiger partial charge in [-0.05, 0) is 18.8 Å². The van der Waals surface area contributed by atoms with Gasteiger partial charge in [-0.25, -0.2) is 0 Å². The quantitative estimate of drug-likeness (QED) is 0.658. The van der Waals surface area contributed by atoms with Crippen LogP contribution in [0.2, 0.25) is 0 Å². The summed E-state index contributed by atoms with van der Waals surface area (Å²) in [5.74, 6) is 0.741. The third-order valence-electron chi connectivity index (χ3n) is 2.36. The highest BCUT2D eigenvalue weighted by Gasteiger charge is 2.24. The van der Waals surface area contributed by atoms with Crippen LogP contribution in [-0.4, -0.2) is 24.4 Å². The van der Waals surface area contributed by atoms with Crippen LogP contribution in [0.3, 0.4) is 0 Å². The van der Waals surface area contributed by atoms with Gasteiger partial charge >= 0.3 is 0 Å². The third-order valence-corrected chi connectivity index (χ3v) is 2.36. The predicted molar refractivity (Wildman–Crippen MR) is 44.4 cm³/mol. The van der Waals surface area contributed by atoms with Gasteiger partial charge in [0.15, 0.2) is 0 Å². The van der Waals surface area contributed by atoms with Crippen molar-refractivity contribution in [2.75, 3.05) is 13.2 Å². The van der Waals surface area contributed by atoms with Crippen LogP contribution in [0, 0.1) is 11.8 Å². The van der Waals surface area contributed by atoms with Crippen LogP contribution in [-0.2, 0) is 4.74 Å². The summed E-state index contributed by atoms with van der Waals surface area (Å²) in [5, 5.41) is 9.67. The lowest BCUT2D eigenvalue weighted by atomic mass is 9.89. The van der Waals surface area contributed by atoms with Crippen molar-refractivity contribution in [1.82, 2.24) is 0 Å². The average Bonchev–Trinajstić information content (AvgIpc) is 2.05. The van der Waals surface area contributed by atoms with Crippen molar-refractivity contribution < 1.29 is 9.84 Å². The van der Waals surface area contributed by atoms with E-state index in [0.717, 1.165) is 26.1 Å². The summed E-state index contributed by atoms with van der Waals surface area (Å²) in [5.41, 5.74) is 0. The Morgan fingerprint density at radius 2 is 2.18 bits per heavy atom. The molecule has 0 saturated carbocycles. The number of hydrogen-bond acceptors (Lipinski definition) is 2. The van der Waals surface area contributed by atoms with Crippen molar-refractivity contribution in [2.24, 2.45) is 11.8 Å². The predicted octanol–water partition coefficient (Wildman–Crippen LogP) is 1.43. The first kappa shape index (κ1) is 9.01. The number of aliphatic hydroxyl groups is 1. The Morgan fingerprint density at radius 1 is 1.45 bits per heavy atom. The van der Waals surface area contributed by atoms with Gasteiger partial charge in [0.2, 0.25) is 0 Å². The summed E-state index contributed by atoms with van der Waals surface area (Å²) >= 11 is 0. The first-order valence-corrected chi connectivity index (χ1v) is 4.47. The molecule has 1 rings (SSSR count). The molecule has 0 aromatic carbocycles. The van der Waals surface area contributed by atoms with Crippen molar-refractivity contribution >= 4 is 0 Å². The number of hydrogen-bond donors (Lipinski definition) is 1. The molecule has 0 radical (unpaired) electrons. The minimum Gasteiger partial charge on any atom is -0.392 e. The zero-order valence-corrected chi connectivity index (χ0v) is 7.42. The first-order chi connectivity index (χ1) is 5.22. The molecule has 0 aromatic heterocycles. The molecule has 2 nitrogen and oxygen atoms in total. The van der Waals surface area contributed by atoms with Crippen molar-refractivity contribution in [1.29, 1.82) is 0 Å². The molecule has 1 N–H and O–H groups in total. The second kappa shape index (κ2) is 4.07. The molecule has 1 aliphatic rings. The molecule has 2 atom stereocenters. The van der Waals surface area contributed by atoms with Crippen LogP contribution in [0.15, 0.2) is 0 Å². The normalized spacial score (nSPS) is 28.9. The lowest BCUT2D eigenvalue weighted by Gasteiger charge is -2.28. The van der Waals surface area contributed by atoms with Gasteiger partial charge in [-0.15, -0.1) is 0 Å². The van der Waals surface area contributed by atoms with Gasteiger partial charge in [-0.2, -0.15) is 0 Å². The Bertz CT molecular complexity index is 106. The SMILES string of the molecule is CC(C)[C@H](O)[C@@H]1CCCOC1. The van der Waals surface area contributed by atoms with E-state index >= 15 is 0 Å². The molecule has 0 aromatic rings. The zero-order chi connectivity index (χ0) is 8.27. The van der Waals surface area contributed by atoms with Crippen molar-refractivity contribution in [3.8, 4) is 0 Å². The van der Waals surface area contributed by atoms with Gasteiger partial charge in [0.25, 0.3) is 0 Å². The monoisotopic (exact) mass is 158 g/mol. The lowest BCUT2D eigenvalue weighted by molar-refractivity contribution is -0.0265. The minimum atomic E-state index is -0.171. The average molecular weight is 158 g/mol. The van der Waals surface area contributed by atoms with E-state index in [2.05, 4.69) is 13.8 Å². The number of rotatable bonds is 2. The molecular formula is C9H18O2. The lowest BCUT2D eigenvalue weighted by Crippen LogP contribution is -2.32. The van der Waals surface area contributed by atoms with E-state index in [9.17, 15) is 5.11 Å². The van der Waals surface area contributed by atoms with Crippen molar-refractivity contribution in [3.63, 3.8) is 0 Å². The van der Waals surface area contributed by atoms with E-state index in [1.54, 1.807) is 0 Å². The van der Waals surface area contributed by atoms with Crippen molar-refractivity contribution in [3.05, 3.63) is 0 Å². The summed E-state index contributed by atoms with van der Waals surface area (Å²) < 4.78 is 5.29.